The Balaban J connectivity index is 1.32. The van der Waals surface area contributed by atoms with Gasteiger partial charge in [0.15, 0.2) is 11.5 Å². The summed E-state index contributed by atoms with van der Waals surface area (Å²) < 4.78 is 11.4. The van der Waals surface area contributed by atoms with Crippen LogP contribution in [0.15, 0.2) is 36.4 Å². The van der Waals surface area contributed by atoms with Crippen molar-refractivity contribution in [2.24, 2.45) is 0 Å². The first kappa shape index (κ1) is 24.6. The summed E-state index contributed by atoms with van der Waals surface area (Å²) in [5, 5.41) is 6.53. The highest BCUT2D eigenvalue weighted by Gasteiger charge is 2.37. The van der Waals surface area contributed by atoms with Crippen LogP contribution in [0.2, 0.25) is 10.0 Å². The second-order valence-corrected chi connectivity index (χ2v) is 9.75. The maximum atomic E-state index is 12.7. The Morgan fingerprint density at radius 2 is 1.62 bits per heavy atom. The average Bonchev–Trinajstić information content (AvgIpc) is 3.30. The summed E-state index contributed by atoms with van der Waals surface area (Å²) in [5.41, 5.74) is 1.41. The summed E-state index contributed by atoms with van der Waals surface area (Å²) in [4.78, 5) is 26.8. The predicted octanol–water partition coefficient (Wildman–Crippen LogP) is 4.26. The van der Waals surface area contributed by atoms with Crippen molar-refractivity contribution in [1.29, 1.82) is 0 Å². The zero-order chi connectivity index (χ0) is 24.1. The van der Waals surface area contributed by atoms with Gasteiger partial charge in [0.2, 0.25) is 11.8 Å². The van der Waals surface area contributed by atoms with Crippen molar-refractivity contribution in [3.8, 4) is 11.5 Å². The van der Waals surface area contributed by atoms with Gasteiger partial charge in [-0.2, -0.15) is 0 Å². The maximum absolute atomic E-state index is 12.7. The predicted molar refractivity (Wildman–Crippen MR) is 133 cm³/mol. The summed E-state index contributed by atoms with van der Waals surface area (Å²) >= 11 is 12.2. The summed E-state index contributed by atoms with van der Waals surface area (Å²) in [6.07, 6.45) is 4.25. The Labute approximate surface area is 209 Å². The van der Waals surface area contributed by atoms with Crippen LogP contribution in [0.25, 0.3) is 0 Å². The van der Waals surface area contributed by atoms with Crippen LogP contribution >= 0.6 is 23.2 Å². The molecular weight excluding hydrogens is 477 g/mol. The van der Waals surface area contributed by atoms with Gasteiger partial charge in [0.25, 0.3) is 0 Å². The number of nitrogens with one attached hydrogen (secondary N) is 2. The lowest BCUT2D eigenvalue weighted by molar-refractivity contribution is -0.123. The largest absolute Gasteiger partial charge is 0.486 e. The molecule has 7 nitrogen and oxygen atoms in total. The van der Waals surface area contributed by atoms with Crippen LogP contribution < -0.4 is 20.1 Å². The van der Waals surface area contributed by atoms with Crippen LogP contribution in [-0.4, -0.2) is 56.6 Å². The minimum Gasteiger partial charge on any atom is -0.486 e. The molecule has 182 valence electrons. The second-order valence-electron chi connectivity index (χ2n) is 8.94. The second kappa shape index (κ2) is 10.8. The van der Waals surface area contributed by atoms with Crippen LogP contribution in [-0.2, 0) is 15.0 Å². The van der Waals surface area contributed by atoms with E-state index in [1.807, 2.05) is 6.07 Å². The molecule has 2 N–H and O–H groups in total. The van der Waals surface area contributed by atoms with E-state index in [0.29, 0.717) is 35.5 Å². The summed E-state index contributed by atoms with van der Waals surface area (Å²) in [6, 6.07) is 11.1. The Morgan fingerprint density at radius 3 is 2.32 bits per heavy atom. The van der Waals surface area contributed by atoms with Crippen molar-refractivity contribution >= 4 is 40.7 Å². The van der Waals surface area contributed by atoms with E-state index in [9.17, 15) is 9.59 Å². The number of carbonyl (C=O) groups is 2. The Hall–Kier alpha value is -2.48. The molecule has 2 amide bonds. The van der Waals surface area contributed by atoms with Crippen molar-refractivity contribution in [3.63, 3.8) is 0 Å². The highest BCUT2D eigenvalue weighted by molar-refractivity contribution is 6.39. The van der Waals surface area contributed by atoms with Gasteiger partial charge in [0, 0.05) is 12.0 Å². The van der Waals surface area contributed by atoms with E-state index in [2.05, 4.69) is 22.8 Å². The van der Waals surface area contributed by atoms with Gasteiger partial charge in [-0.15, -0.1) is 0 Å². The molecule has 2 aromatic rings. The average molecular weight is 506 g/mol. The molecule has 0 saturated heterocycles. The van der Waals surface area contributed by atoms with E-state index in [-0.39, 0.29) is 30.3 Å². The molecule has 2 aromatic carbocycles. The molecular formula is C25H29Cl2N3O4. The maximum Gasteiger partial charge on any atom is 0.238 e. The van der Waals surface area contributed by atoms with Crippen LogP contribution in [0, 0.1) is 0 Å². The zero-order valence-corrected chi connectivity index (χ0v) is 20.7. The number of hydrogen-bond donors (Lipinski definition) is 2. The third-order valence-electron chi connectivity index (χ3n) is 6.39. The molecule has 1 aliphatic heterocycles. The minimum absolute atomic E-state index is 0.0300. The molecule has 1 heterocycles. The van der Waals surface area contributed by atoms with Gasteiger partial charge in [-0.1, -0.05) is 48.2 Å². The number of fused-ring (bicyclic) bond motifs is 1. The number of hydrogen-bond acceptors (Lipinski definition) is 5. The number of benzene rings is 2. The van der Waals surface area contributed by atoms with Crippen molar-refractivity contribution in [2.45, 2.75) is 31.1 Å². The molecule has 2 aliphatic rings. The first-order valence-electron chi connectivity index (χ1n) is 11.5. The number of anilines is 1. The van der Waals surface area contributed by atoms with Gasteiger partial charge >= 0.3 is 0 Å². The monoisotopic (exact) mass is 505 g/mol. The summed E-state index contributed by atoms with van der Waals surface area (Å²) in [6.45, 7) is 1.78. The Kier molecular flexibility index (Phi) is 7.86. The highest BCUT2D eigenvalue weighted by Crippen LogP contribution is 2.43. The van der Waals surface area contributed by atoms with Gasteiger partial charge in [-0.3, -0.25) is 14.5 Å². The van der Waals surface area contributed by atoms with Gasteiger partial charge in [0.05, 0.1) is 28.8 Å². The van der Waals surface area contributed by atoms with E-state index in [0.717, 1.165) is 37.2 Å². The number of likely N-dealkylation sites (N-methyl/N-ethyl adjacent to an activating group) is 1. The number of para-hydroxylation sites is 1. The number of carbonyl (C=O) groups excluding carboxylic acids is 2. The van der Waals surface area contributed by atoms with Crippen LogP contribution in [0.4, 0.5) is 5.69 Å². The third kappa shape index (κ3) is 5.77. The first-order valence-corrected chi connectivity index (χ1v) is 12.2. The minimum atomic E-state index is -0.297. The lowest BCUT2D eigenvalue weighted by Crippen LogP contribution is -2.44. The summed E-state index contributed by atoms with van der Waals surface area (Å²) in [7, 11) is 1.72. The van der Waals surface area contributed by atoms with Gasteiger partial charge in [0.1, 0.15) is 13.2 Å². The topological polar surface area (TPSA) is 79.9 Å². The SMILES string of the molecule is CN(CC(=O)NCC1(c2ccc3c(c2)OCCO3)CCCC1)CC(=O)Nc1c(Cl)cccc1Cl. The van der Waals surface area contributed by atoms with Gasteiger partial charge in [-0.05, 0) is 49.7 Å². The van der Waals surface area contributed by atoms with Crippen LogP contribution in [0.5, 0.6) is 11.5 Å². The molecule has 0 unspecified atom stereocenters. The Bertz CT molecular complexity index is 1040. The van der Waals surface area contributed by atoms with Crippen LogP contribution in [0.3, 0.4) is 0 Å². The molecule has 1 fully saturated rings. The molecule has 9 heteroatoms. The van der Waals surface area contributed by atoms with E-state index >= 15 is 0 Å². The molecule has 0 radical (unpaired) electrons. The molecule has 0 aromatic heterocycles. The van der Waals surface area contributed by atoms with Crippen molar-refractivity contribution in [3.05, 3.63) is 52.0 Å². The first-order chi connectivity index (χ1) is 16.4. The molecule has 1 saturated carbocycles. The number of ether oxygens (including phenoxy) is 2. The number of rotatable bonds is 8. The molecule has 0 atom stereocenters. The van der Waals surface area contributed by atoms with Gasteiger partial charge < -0.3 is 20.1 Å². The molecule has 1 aliphatic carbocycles. The normalized spacial score (nSPS) is 16.4. The smallest absolute Gasteiger partial charge is 0.238 e. The lowest BCUT2D eigenvalue weighted by atomic mass is 9.78. The van der Waals surface area contributed by atoms with Crippen LogP contribution in [0.1, 0.15) is 31.2 Å². The van der Waals surface area contributed by atoms with Crippen molar-refractivity contribution in [1.82, 2.24) is 10.2 Å². The van der Waals surface area contributed by atoms with E-state index in [1.54, 1.807) is 30.1 Å². The highest BCUT2D eigenvalue weighted by atomic mass is 35.5. The fraction of sp³-hybridized carbons (Fsp3) is 0.440. The van der Waals surface area contributed by atoms with E-state index < -0.39 is 0 Å². The quantitative estimate of drug-likeness (QED) is 0.560. The summed E-state index contributed by atoms with van der Waals surface area (Å²) in [5.74, 6) is 1.11. The fourth-order valence-corrected chi connectivity index (χ4v) is 5.15. The molecule has 4 rings (SSSR count). The fourth-order valence-electron chi connectivity index (χ4n) is 4.66. The Morgan fingerprint density at radius 1 is 0.971 bits per heavy atom. The molecule has 0 bridgehead atoms. The number of halogens is 2. The van der Waals surface area contributed by atoms with Crippen molar-refractivity contribution in [2.75, 3.05) is 45.2 Å². The lowest BCUT2D eigenvalue weighted by Gasteiger charge is -2.31. The zero-order valence-electron chi connectivity index (χ0n) is 19.2. The molecule has 0 spiro atoms. The van der Waals surface area contributed by atoms with E-state index in [1.165, 1.54) is 5.56 Å². The number of amides is 2. The number of nitrogens with zero attached hydrogens (tertiary/aromatic N) is 1. The standard InChI is InChI=1S/C25H29Cl2N3O4/c1-30(15-23(32)29-24-18(26)5-4-6-19(24)27)14-22(31)28-16-25(9-2-3-10-25)17-7-8-20-21(13-17)34-12-11-33-20/h4-8,13H,2-3,9-12,14-16H2,1H3,(H,28,31)(H,29,32). The third-order valence-corrected chi connectivity index (χ3v) is 7.02. The van der Waals surface area contributed by atoms with Gasteiger partial charge in [-0.25, -0.2) is 0 Å². The van der Waals surface area contributed by atoms with Crippen molar-refractivity contribution < 1.29 is 19.1 Å². The molecule has 34 heavy (non-hydrogen) atoms. The van der Waals surface area contributed by atoms with E-state index in [4.69, 9.17) is 32.7 Å².